The van der Waals surface area contributed by atoms with Crippen molar-refractivity contribution in [2.45, 2.75) is 25.6 Å². The Balaban J connectivity index is 1.98. The molecule has 154 valence electrons. The van der Waals surface area contributed by atoms with Crippen molar-refractivity contribution in [1.29, 1.82) is 0 Å². The summed E-state index contributed by atoms with van der Waals surface area (Å²) in [6, 6.07) is 11.0. The van der Waals surface area contributed by atoms with E-state index in [0.29, 0.717) is 33.5 Å². The fourth-order valence-electron chi connectivity index (χ4n) is 3.56. The molecule has 5 nitrogen and oxygen atoms in total. The van der Waals surface area contributed by atoms with Crippen LogP contribution in [0, 0.1) is 6.92 Å². The van der Waals surface area contributed by atoms with Crippen molar-refractivity contribution in [1.82, 2.24) is 14.8 Å². The van der Waals surface area contributed by atoms with Crippen molar-refractivity contribution in [2.24, 2.45) is 0 Å². The van der Waals surface area contributed by atoms with Crippen LogP contribution < -0.4 is 4.74 Å². The number of allylic oxidation sites excluding steroid dienone is 1. The zero-order valence-electron chi connectivity index (χ0n) is 15.7. The summed E-state index contributed by atoms with van der Waals surface area (Å²) in [5, 5.41) is 8.85. The van der Waals surface area contributed by atoms with Gasteiger partial charge in [0.1, 0.15) is 23.7 Å². The maximum absolute atomic E-state index is 12.8. The molecule has 30 heavy (non-hydrogen) atoms. The van der Waals surface area contributed by atoms with Crippen molar-refractivity contribution < 1.29 is 22.7 Å². The maximum Gasteiger partial charge on any atom is 0.573 e. The first kappa shape index (κ1) is 20.2. The summed E-state index contributed by atoms with van der Waals surface area (Å²) in [5.41, 5.74) is 2.47. The van der Waals surface area contributed by atoms with Gasteiger partial charge in [0.15, 0.2) is 0 Å². The van der Waals surface area contributed by atoms with Crippen LogP contribution in [0.5, 0.6) is 5.75 Å². The number of ether oxygens (including phenoxy) is 1. The molecule has 0 saturated carbocycles. The SMILES string of the molecule is Cc1nnc2n1-c1ccc(OC(F)(F)F)cc1C(c1ccc(Cl)cc1)=CC2CC=O. The molecule has 0 fully saturated rings. The van der Waals surface area contributed by atoms with E-state index in [1.165, 1.54) is 18.2 Å². The number of nitrogens with zero attached hydrogens (tertiary/aromatic N) is 3. The van der Waals surface area contributed by atoms with Crippen LogP contribution >= 0.6 is 11.6 Å². The molecule has 0 spiro atoms. The fourth-order valence-corrected chi connectivity index (χ4v) is 3.69. The lowest BCUT2D eigenvalue weighted by atomic mass is 9.93. The molecule has 0 amide bonds. The van der Waals surface area contributed by atoms with Gasteiger partial charge < -0.3 is 9.53 Å². The van der Waals surface area contributed by atoms with Gasteiger partial charge in [0.05, 0.1) is 5.69 Å². The summed E-state index contributed by atoms with van der Waals surface area (Å²) >= 11 is 6.00. The highest BCUT2D eigenvalue weighted by molar-refractivity contribution is 6.30. The molecule has 0 radical (unpaired) electrons. The van der Waals surface area contributed by atoms with Gasteiger partial charge in [-0.15, -0.1) is 23.4 Å². The quantitative estimate of drug-likeness (QED) is 0.528. The molecule has 1 aromatic heterocycles. The van der Waals surface area contributed by atoms with Gasteiger partial charge >= 0.3 is 6.36 Å². The van der Waals surface area contributed by atoms with Crippen molar-refractivity contribution >= 4 is 23.5 Å². The van der Waals surface area contributed by atoms with Crippen molar-refractivity contribution in [2.75, 3.05) is 0 Å². The van der Waals surface area contributed by atoms with Crippen LogP contribution in [-0.2, 0) is 4.79 Å². The number of halogens is 4. The van der Waals surface area contributed by atoms with E-state index in [1.54, 1.807) is 35.8 Å². The van der Waals surface area contributed by atoms with Gasteiger partial charge in [-0.1, -0.05) is 29.8 Å². The fraction of sp³-hybridized carbons (Fsp3) is 0.190. The van der Waals surface area contributed by atoms with Crippen molar-refractivity contribution in [3.63, 3.8) is 0 Å². The van der Waals surface area contributed by atoms with Gasteiger partial charge in [0.25, 0.3) is 0 Å². The Bertz CT molecular complexity index is 1140. The average molecular weight is 434 g/mol. The Morgan fingerprint density at radius 2 is 1.90 bits per heavy atom. The Kier molecular flexibility index (Phi) is 5.11. The van der Waals surface area contributed by atoms with Crippen LogP contribution in [0.25, 0.3) is 11.3 Å². The number of carbonyl (C=O) groups excluding carboxylic acids is 1. The van der Waals surface area contributed by atoms with E-state index in [1.807, 2.05) is 6.08 Å². The minimum Gasteiger partial charge on any atom is -0.406 e. The third-order valence-electron chi connectivity index (χ3n) is 4.79. The number of hydrogen-bond donors (Lipinski definition) is 0. The predicted octanol–water partition coefficient (Wildman–Crippen LogP) is 5.25. The highest BCUT2D eigenvalue weighted by Gasteiger charge is 2.32. The summed E-state index contributed by atoms with van der Waals surface area (Å²) in [6.45, 7) is 1.74. The Labute approximate surface area is 174 Å². The average Bonchev–Trinajstić information content (AvgIpc) is 3.00. The monoisotopic (exact) mass is 433 g/mol. The first-order chi connectivity index (χ1) is 14.3. The number of aromatic nitrogens is 3. The molecule has 0 aliphatic carbocycles. The summed E-state index contributed by atoms with van der Waals surface area (Å²) in [4.78, 5) is 11.3. The van der Waals surface area contributed by atoms with E-state index in [4.69, 9.17) is 11.6 Å². The molecule has 1 aliphatic heterocycles. The minimum absolute atomic E-state index is 0.148. The van der Waals surface area contributed by atoms with E-state index >= 15 is 0 Å². The third kappa shape index (κ3) is 3.82. The molecule has 1 aliphatic rings. The molecule has 0 saturated heterocycles. The highest BCUT2D eigenvalue weighted by Crippen LogP contribution is 2.40. The molecule has 2 aromatic carbocycles. The molecule has 9 heteroatoms. The zero-order chi connectivity index (χ0) is 21.5. The predicted molar refractivity (Wildman–Crippen MR) is 105 cm³/mol. The maximum atomic E-state index is 12.8. The number of benzene rings is 2. The van der Waals surface area contributed by atoms with Crippen LogP contribution in [0.2, 0.25) is 5.02 Å². The first-order valence-electron chi connectivity index (χ1n) is 9.00. The van der Waals surface area contributed by atoms with Gasteiger partial charge in [-0.05, 0) is 48.4 Å². The van der Waals surface area contributed by atoms with Gasteiger partial charge in [-0.25, -0.2) is 0 Å². The summed E-state index contributed by atoms with van der Waals surface area (Å²) in [6.07, 6.45) is -2.07. The van der Waals surface area contributed by atoms with Crippen LogP contribution in [0.3, 0.4) is 0 Å². The minimum atomic E-state index is -4.82. The summed E-state index contributed by atoms with van der Waals surface area (Å²) in [5.74, 6) is 0.336. The first-order valence-corrected chi connectivity index (χ1v) is 9.38. The largest absolute Gasteiger partial charge is 0.573 e. The van der Waals surface area contributed by atoms with Crippen LogP contribution in [0.1, 0.15) is 35.1 Å². The number of rotatable bonds is 4. The van der Waals surface area contributed by atoms with Gasteiger partial charge in [0, 0.05) is 22.9 Å². The molecule has 0 N–H and O–H groups in total. The number of aryl methyl sites for hydroxylation is 1. The zero-order valence-corrected chi connectivity index (χ0v) is 16.4. The lowest BCUT2D eigenvalue weighted by Crippen LogP contribution is -2.17. The normalized spacial score (nSPS) is 15.6. The van der Waals surface area contributed by atoms with E-state index in [2.05, 4.69) is 14.9 Å². The molecule has 3 aromatic rings. The highest BCUT2D eigenvalue weighted by atomic mass is 35.5. The number of fused-ring (bicyclic) bond motifs is 3. The molecule has 1 atom stereocenters. The Morgan fingerprint density at radius 3 is 2.57 bits per heavy atom. The Hall–Kier alpha value is -3.13. The summed E-state index contributed by atoms with van der Waals surface area (Å²) < 4.78 is 44.3. The van der Waals surface area contributed by atoms with Crippen LogP contribution in [0.15, 0.2) is 48.5 Å². The standard InChI is InChI=1S/C21H15ClF3N3O2/c1-12-26-27-20-14(8-9-29)10-17(13-2-4-15(22)5-3-13)18-11-16(30-21(23,24)25)6-7-19(18)28(12)20/h2-7,9-11,14H,8H2,1H3. The number of carbonyl (C=O) groups is 1. The topological polar surface area (TPSA) is 57.0 Å². The number of hydrogen-bond acceptors (Lipinski definition) is 4. The van der Waals surface area contributed by atoms with Crippen LogP contribution in [0.4, 0.5) is 13.2 Å². The lowest BCUT2D eigenvalue weighted by Gasteiger charge is -2.16. The van der Waals surface area contributed by atoms with E-state index in [-0.39, 0.29) is 12.2 Å². The van der Waals surface area contributed by atoms with Crippen molar-refractivity contribution in [3.8, 4) is 11.4 Å². The van der Waals surface area contributed by atoms with E-state index in [9.17, 15) is 18.0 Å². The molecular weight excluding hydrogens is 419 g/mol. The van der Waals surface area contributed by atoms with E-state index in [0.717, 1.165) is 11.8 Å². The van der Waals surface area contributed by atoms with E-state index < -0.39 is 12.3 Å². The third-order valence-corrected chi connectivity index (χ3v) is 5.04. The second-order valence-corrected chi connectivity index (χ2v) is 7.20. The molecule has 2 heterocycles. The Morgan fingerprint density at radius 1 is 1.17 bits per heavy atom. The lowest BCUT2D eigenvalue weighted by molar-refractivity contribution is -0.274. The van der Waals surface area contributed by atoms with Gasteiger partial charge in [0.2, 0.25) is 0 Å². The molecule has 1 unspecified atom stereocenters. The molecular formula is C21H15ClF3N3O2. The summed E-state index contributed by atoms with van der Waals surface area (Å²) in [7, 11) is 0. The second kappa shape index (κ2) is 7.60. The molecule has 4 rings (SSSR count). The van der Waals surface area contributed by atoms with Gasteiger partial charge in [-0.2, -0.15) is 0 Å². The van der Waals surface area contributed by atoms with Gasteiger partial charge in [-0.3, -0.25) is 4.57 Å². The smallest absolute Gasteiger partial charge is 0.406 e. The van der Waals surface area contributed by atoms with Crippen LogP contribution in [-0.4, -0.2) is 27.4 Å². The number of alkyl halides is 3. The molecule has 0 bridgehead atoms. The van der Waals surface area contributed by atoms with Crippen molar-refractivity contribution in [3.05, 3.63) is 76.3 Å². The number of aldehydes is 1. The second-order valence-electron chi connectivity index (χ2n) is 6.76.